The number of rotatable bonds is 3. The molecule has 1 N–H and O–H groups in total. The molecular weight excluding hydrogens is 367 g/mol. The highest BCUT2D eigenvalue weighted by molar-refractivity contribution is 9.10. The molecular formula is C14H9BrF3NO3. The van der Waals surface area contributed by atoms with Crippen LogP contribution in [0, 0.1) is 0 Å². The average molecular weight is 376 g/mol. The molecule has 0 fully saturated rings. The lowest BCUT2D eigenvalue weighted by Crippen LogP contribution is -2.26. The molecule has 0 saturated carbocycles. The molecule has 0 aliphatic rings. The van der Waals surface area contributed by atoms with E-state index in [4.69, 9.17) is 5.11 Å². The molecule has 4 nitrogen and oxygen atoms in total. The van der Waals surface area contributed by atoms with Gasteiger partial charge in [0.25, 0.3) is 5.56 Å². The number of carboxylic acids is 1. The summed E-state index contributed by atoms with van der Waals surface area (Å²) in [4.78, 5) is 23.0. The zero-order valence-electron chi connectivity index (χ0n) is 10.9. The quantitative estimate of drug-likeness (QED) is 0.894. The first-order chi connectivity index (χ1) is 10.2. The predicted molar refractivity (Wildman–Crippen MR) is 75.9 cm³/mol. The number of hydrogen-bond acceptors (Lipinski definition) is 2. The van der Waals surface area contributed by atoms with Gasteiger partial charge in [-0.05, 0) is 39.7 Å². The van der Waals surface area contributed by atoms with Gasteiger partial charge in [0.05, 0.1) is 12.1 Å². The molecule has 1 heterocycles. The van der Waals surface area contributed by atoms with Crippen molar-refractivity contribution in [1.82, 2.24) is 4.57 Å². The van der Waals surface area contributed by atoms with Gasteiger partial charge in [-0.25, -0.2) is 4.79 Å². The molecule has 22 heavy (non-hydrogen) atoms. The van der Waals surface area contributed by atoms with Gasteiger partial charge in [-0.2, -0.15) is 13.2 Å². The van der Waals surface area contributed by atoms with Crippen LogP contribution in [0.3, 0.4) is 0 Å². The zero-order valence-corrected chi connectivity index (χ0v) is 12.5. The van der Waals surface area contributed by atoms with E-state index in [9.17, 15) is 22.8 Å². The van der Waals surface area contributed by atoms with E-state index >= 15 is 0 Å². The average Bonchev–Trinajstić information content (AvgIpc) is 2.41. The van der Waals surface area contributed by atoms with Gasteiger partial charge >= 0.3 is 12.1 Å². The molecule has 2 rings (SSSR count). The van der Waals surface area contributed by atoms with Gasteiger partial charge in [0, 0.05) is 10.7 Å². The van der Waals surface area contributed by atoms with Crippen LogP contribution in [0.4, 0.5) is 13.2 Å². The van der Waals surface area contributed by atoms with Crippen LogP contribution < -0.4 is 5.56 Å². The minimum Gasteiger partial charge on any atom is -0.477 e. The molecule has 0 atom stereocenters. The molecule has 0 spiro atoms. The van der Waals surface area contributed by atoms with Crippen LogP contribution in [0.15, 0.2) is 45.8 Å². The van der Waals surface area contributed by atoms with E-state index in [1.165, 1.54) is 18.3 Å². The van der Waals surface area contributed by atoms with Crippen molar-refractivity contribution >= 4 is 21.9 Å². The Morgan fingerprint density at radius 1 is 1.27 bits per heavy atom. The monoisotopic (exact) mass is 375 g/mol. The highest BCUT2D eigenvalue weighted by Crippen LogP contribution is 2.29. The van der Waals surface area contributed by atoms with Gasteiger partial charge < -0.3 is 9.67 Å². The van der Waals surface area contributed by atoms with Gasteiger partial charge in [0.1, 0.15) is 5.56 Å². The predicted octanol–water partition coefficient (Wildman–Crippen LogP) is 3.38. The molecule has 116 valence electrons. The Morgan fingerprint density at radius 3 is 2.55 bits per heavy atom. The van der Waals surface area contributed by atoms with Gasteiger partial charge in [-0.3, -0.25) is 4.79 Å². The number of hydrogen-bond donors (Lipinski definition) is 1. The maximum atomic E-state index is 12.7. The number of benzene rings is 1. The maximum absolute atomic E-state index is 12.7. The number of aromatic nitrogens is 1. The van der Waals surface area contributed by atoms with Crippen LogP contribution in [0.25, 0.3) is 0 Å². The molecule has 0 saturated heterocycles. The number of pyridine rings is 1. The minimum atomic E-state index is -4.48. The Morgan fingerprint density at radius 2 is 1.95 bits per heavy atom. The van der Waals surface area contributed by atoms with Crippen LogP contribution >= 0.6 is 15.9 Å². The third kappa shape index (κ3) is 3.56. The van der Waals surface area contributed by atoms with E-state index in [1.54, 1.807) is 0 Å². The summed E-state index contributed by atoms with van der Waals surface area (Å²) < 4.78 is 39.4. The molecule has 1 aromatic carbocycles. The summed E-state index contributed by atoms with van der Waals surface area (Å²) in [6.07, 6.45) is -3.15. The third-order valence-corrected chi connectivity index (χ3v) is 3.32. The van der Waals surface area contributed by atoms with E-state index in [2.05, 4.69) is 15.9 Å². The first-order valence-corrected chi connectivity index (χ1v) is 6.77. The van der Waals surface area contributed by atoms with E-state index in [-0.39, 0.29) is 12.1 Å². The van der Waals surface area contributed by atoms with Crippen LogP contribution in [0.2, 0.25) is 0 Å². The molecule has 0 bridgehead atoms. The van der Waals surface area contributed by atoms with Crippen LogP contribution in [-0.2, 0) is 12.7 Å². The topological polar surface area (TPSA) is 59.3 Å². The summed E-state index contributed by atoms with van der Waals surface area (Å²) in [6.45, 7) is -0.164. The Labute approximate surface area is 130 Å². The van der Waals surface area contributed by atoms with Crippen molar-refractivity contribution in [2.75, 3.05) is 0 Å². The number of alkyl halides is 3. The van der Waals surface area contributed by atoms with E-state index < -0.39 is 28.8 Å². The highest BCUT2D eigenvalue weighted by Gasteiger charge is 2.30. The van der Waals surface area contributed by atoms with Gasteiger partial charge in [0.2, 0.25) is 0 Å². The second kappa shape index (κ2) is 5.96. The fourth-order valence-corrected chi connectivity index (χ4v) is 2.39. The van der Waals surface area contributed by atoms with Crippen molar-refractivity contribution in [3.63, 3.8) is 0 Å². The largest absolute Gasteiger partial charge is 0.477 e. The molecule has 8 heteroatoms. The van der Waals surface area contributed by atoms with Crippen molar-refractivity contribution in [3.8, 4) is 0 Å². The van der Waals surface area contributed by atoms with Crippen molar-refractivity contribution in [1.29, 1.82) is 0 Å². The summed E-state index contributed by atoms with van der Waals surface area (Å²) in [5.74, 6) is -1.40. The lowest BCUT2D eigenvalue weighted by atomic mass is 10.1. The fourth-order valence-electron chi connectivity index (χ4n) is 1.91. The first-order valence-electron chi connectivity index (χ1n) is 5.98. The molecule has 0 aliphatic heterocycles. The summed E-state index contributed by atoms with van der Waals surface area (Å²) in [5.41, 5.74) is -1.83. The summed E-state index contributed by atoms with van der Waals surface area (Å²) in [6, 6.07) is 5.67. The maximum Gasteiger partial charge on any atom is 0.416 e. The van der Waals surface area contributed by atoms with Crippen molar-refractivity contribution in [2.45, 2.75) is 12.7 Å². The van der Waals surface area contributed by atoms with Crippen molar-refractivity contribution < 1.29 is 23.1 Å². The first kappa shape index (κ1) is 16.3. The van der Waals surface area contributed by atoms with Crippen LogP contribution in [-0.4, -0.2) is 15.6 Å². The minimum absolute atomic E-state index is 0.164. The smallest absolute Gasteiger partial charge is 0.416 e. The molecule has 1 aromatic heterocycles. The van der Waals surface area contributed by atoms with E-state index in [0.29, 0.717) is 4.47 Å². The standard InChI is InChI=1S/C14H9BrF3NO3/c15-10-5-11(13(21)22)12(20)19(7-10)6-8-2-1-3-9(4-8)14(16,17)18/h1-5,7H,6H2,(H,21,22). The molecule has 0 unspecified atom stereocenters. The Bertz CT molecular complexity index is 784. The Kier molecular flexibility index (Phi) is 4.41. The lowest BCUT2D eigenvalue weighted by molar-refractivity contribution is -0.137. The van der Waals surface area contributed by atoms with Crippen molar-refractivity contribution in [2.24, 2.45) is 0 Å². The van der Waals surface area contributed by atoms with Gasteiger partial charge in [-0.1, -0.05) is 12.1 Å². The molecule has 0 aliphatic carbocycles. The second-order valence-corrected chi connectivity index (χ2v) is 5.42. The van der Waals surface area contributed by atoms with Gasteiger partial charge in [0.15, 0.2) is 0 Å². The molecule has 0 amide bonds. The van der Waals surface area contributed by atoms with Crippen LogP contribution in [0.5, 0.6) is 0 Å². The van der Waals surface area contributed by atoms with E-state index in [1.807, 2.05) is 0 Å². The summed E-state index contributed by atoms with van der Waals surface area (Å²) in [7, 11) is 0. The molecule has 0 radical (unpaired) electrons. The number of aromatic carboxylic acids is 1. The summed E-state index contributed by atoms with van der Waals surface area (Å²) >= 11 is 3.07. The number of carboxylic acid groups (broad SMARTS) is 1. The molecule has 2 aromatic rings. The fraction of sp³-hybridized carbons (Fsp3) is 0.143. The van der Waals surface area contributed by atoms with E-state index in [0.717, 1.165) is 22.8 Å². The van der Waals surface area contributed by atoms with Gasteiger partial charge in [-0.15, -0.1) is 0 Å². The van der Waals surface area contributed by atoms with Crippen LogP contribution in [0.1, 0.15) is 21.5 Å². The second-order valence-electron chi connectivity index (χ2n) is 4.51. The number of carbonyl (C=O) groups is 1. The summed E-state index contributed by atoms with van der Waals surface area (Å²) in [5, 5.41) is 8.95. The number of halogens is 4. The zero-order chi connectivity index (χ0) is 16.5. The highest BCUT2D eigenvalue weighted by atomic mass is 79.9. The normalized spacial score (nSPS) is 11.5. The Hall–Kier alpha value is -2.09. The Balaban J connectivity index is 2.44. The third-order valence-electron chi connectivity index (χ3n) is 2.89. The SMILES string of the molecule is O=C(O)c1cc(Br)cn(Cc2cccc(C(F)(F)F)c2)c1=O. The lowest BCUT2D eigenvalue weighted by Gasteiger charge is -2.11. The number of nitrogens with zero attached hydrogens (tertiary/aromatic N) is 1. The van der Waals surface area contributed by atoms with Crippen molar-refractivity contribution in [3.05, 3.63) is 68.0 Å².